The van der Waals surface area contributed by atoms with Crippen molar-refractivity contribution in [3.05, 3.63) is 41.2 Å². The molecule has 0 aliphatic carbocycles. The SMILES string of the molecule is CN=C(C=C(C)C)c1cncc(C(=O)O)c1. The Morgan fingerprint density at radius 2 is 2.00 bits per heavy atom. The molecule has 84 valence electrons. The lowest BCUT2D eigenvalue weighted by Crippen LogP contribution is -2.03. The van der Waals surface area contributed by atoms with Crippen LogP contribution in [0.2, 0.25) is 0 Å². The Morgan fingerprint density at radius 3 is 2.50 bits per heavy atom. The van der Waals surface area contributed by atoms with Gasteiger partial charge in [0.1, 0.15) is 0 Å². The molecule has 0 aliphatic rings. The second kappa shape index (κ2) is 5.21. The van der Waals surface area contributed by atoms with Crippen LogP contribution in [0.25, 0.3) is 0 Å². The van der Waals surface area contributed by atoms with E-state index in [4.69, 9.17) is 5.11 Å². The summed E-state index contributed by atoms with van der Waals surface area (Å²) in [6, 6.07) is 1.57. The van der Waals surface area contributed by atoms with Gasteiger partial charge in [-0.05, 0) is 26.0 Å². The second-order valence-electron chi connectivity index (χ2n) is 3.60. The third-order valence-corrected chi connectivity index (χ3v) is 1.95. The minimum Gasteiger partial charge on any atom is -0.478 e. The van der Waals surface area contributed by atoms with Crippen molar-refractivity contribution in [1.82, 2.24) is 4.98 Å². The fourth-order valence-electron chi connectivity index (χ4n) is 1.25. The summed E-state index contributed by atoms with van der Waals surface area (Å²) in [4.78, 5) is 18.8. The van der Waals surface area contributed by atoms with Gasteiger partial charge in [-0.25, -0.2) is 4.79 Å². The van der Waals surface area contributed by atoms with Crippen molar-refractivity contribution in [2.24, 2.45) is 4.99 Å². The van der Waals surface area contributed by atoms with Gasteiger partial charge in [0.25, 0.3) is 0 Å². The van der Waals surface area contributed by atoms with Crippen molar-refractivity contribution in [3.63, 3.8) is 0 Å². The van der Waals surface area contributed by atoms with Crippen molar-refractivity contribution in [1.29, 1.82) is 0 Å². The molecular weight excluding hydrogens is 204 g/mol. The molecular formula is C12H14N2O2. The van der Waals surface area contributed by atoms with Gasteiger partial charge < -0.3 is 5.11 Å². The molecule has 0 atom stereocenters. The summed E-state index contributed by atoms with van der Waals surface area (Å²) in [6.45, 7) is 3.92. The Kier molecular flexibility index (Phi) is 3.94. The van der Waals surface area contributed by atoms with E-state index in [1.54, 1.807) is 19.3 Å². The fourth-order valence-corrected chi connectivity index (χ4v) is 1.25. The maximum Gasteiger partial charge on any atom is 0.337 e. The van der Waals surface area contributed by atoms with Crippen LogP contribution < -0.4 is 0 Å². The lowest BCUT2D eigenvalue weighted by molar-refractivity contribution is 0.0696. The summed E-state index contributed by atoms with van der Waals surface area (Å²) in [5, 5.41) is 8.85. The Balaban J connectivity index is 3.17. The molecule has 0 saturated carbocycles. The van der Waals surface area contributed by atoms with Crippen LogP contribution in [0.3, 0.4) is 0 Å². The van der Waals surface area contributed by atoms with Gasteiger partial charge in [-0.15, -0.1) is 0 Å². The normalized spacial score (nSPS) is 11.1. The van der Waals surface area contributed by atoms with E-state index in [2.05, 4.69) is 9.98 Å². The molecule has 1 aromatic rings. The van der Waals surface area contributed by atoms with Gasteiger partial charge in [0.2, 0.25) is 0 Å². The molecule has 1 heterocycles. The number of carboxylic acid groups (broad SMARTS) is 1. The number of nitrogens with zero attached hydrogens (tertiary/aromatic N) is 2. The first-order valence-corrected chi connectivity index (χ1v) is 4.85. The molecule has 16 heavy (non-hydrogen) atoms. The average Bonchev–Trinajstić information content (AvgIpc) is 2.25. The van der Waals surface area contributed by atoms with E-state index in [-0.39, 0.29) is 5.56 Å². The molecule has 1 N–H and O–H groups in total. The number of aliphatic imine (C=N–C) groups is 1. The van der Waals surface area contributed by atoms with Crippen molar-refractivity contribution in [2.75, 3.05) is 7.05 Å². The lowest BCUT2D eigenvalue weighted by atomic mass is 10.1. The third kappa shape index (κ3) is 3.02. The smallest absolute Gasteiger partial charge is 0.337 e. The van der Waals surface area contributed by atoms with E-state index in [9.17, 15) is 4.79 Å². The molecule has 0 spiro atoms. The number of carbonyl (C=O) groups is 1. The monoisotopic (exact) mass is 218 g/mol. The van der Waals surface area contributed by atoms with E-state index in [0.717, 1.165) is 11.3 Å². The molecule has 0 saturated heterocycles. The molecule has 0 unspecified atom stereocenters. The van der Waals surface area contributed by atoms with Gasteiger partial charge in [-0.3, -0.25) is 9.98 Å². The number of allylic oxidation sites excluding steroid dienone is 2. The van der Waals surface area contributed by atoms with Crippen molar-refractivity contribution < 1.29 is 9.90 Å². The van der Waals surface area contributed by atoms with Gasteiger partial charge in [-0.1, -0.05) is 5.57 Å². The van der Waals surface area contributed by atoms with Crippen LogP contribution >= 0.6 is 0 Å². The van der Waals surface area contributed by atoms with Crippen LogP contribution in [0.4, 0.5) is 0 Å². The highest BCUT2D eigenvalue weighted by molar-refractivity contribution is 6.09. The van der Waals surface area contributed by atoms with E-state index >= 15 is 0 Å². The molecule has 0 amide bonds. The largest absolute Gasteiger partial charge is 0.478 e. The molecule has 4 heteroatoms. The number of aromatic nitrogens is 1. The minimum atomic E-state index is -0.984. The highest BCUT2D eigenvalue weighted by atomic mass is 16.4. The van der Waals surface area contributed by atoms with Crippen molar-refractivity contribution in [2.45, 2.75) is 13.8 Å². The number of pyridine rings is 1. The summed E-state index contributed by atoms with van der Waals surface area (Å²) in [7, 11) is 1.67. The van der Waals surface area contributed by atoms with Crippen LogP contribution in [-0.2, 0) is 0 Å². The molecule has 0 radical (unpaired) electrons. The average molecular weight is 218 g/mol. The third-order valence-electron chi connectivity index (χ3n) is 1.95. The van der Waals surface area contributed by atoms with E-state index < -0.39 is 5.97 Å². The Hall–Kier alpha value is -1.97. The Labute approximate surface area is 94.4 Å². The summed E-state index contributed by atoms with van der Waals surface area (Å²) < 4.78 is 0. The number of hydrogen-bond acceptors (Lipinski definition) is 3. The Morgan fingerprint density at radius 1 is 1.38 bits per heavy atom. The number of rotatable bonds is 3. The minimum absolute atomic E-state index is 0.167. The molecule has 1 rings (SSSR count). The van der Waals surface area contributed by atoms with Gasteiger partial charge in [0.05, 0.1) is 11.3 Å². The molecule has 1 aromatic heterocycles. The highest BCUT2D eigenvalue weighted by Gasteiger charge is 2.06. The molecule has 4 nitrogen and oxygen atoms in total. The first-order chi connectivity index (χ1) is 7.54. The first-order valence-electron chi connectivity index (χ1n) is 4.85. The Bertz CT molecular complexity index is 458. The first kappa shape index (κ1) is 12.1. The summed E-state index contributed by atoms with van der Waals surface area (Å²) in [5.41, 5.74) is 2.71. The van der Waals surface area contributed by atoms with Gasteiger partial charge in [0, 0.05) is 25.0 Å². The predicted molar refractivity (Wildman–Crippen MR) is 63.1 cm³/mol. The zero-order chi connectivity index (χ0) is 12.1. The van der Waals surface area contributed by atoms with Gasteiger partial charge in [-0.2, -0.15) is 0 Å². The molecule has 0 aromatic carbocycles. The zero-order valence-corrected chi connectivity index (χ0v) is 9.56. The fraction of sp³-hybridized carbons (Fsp3) is 0.250. The highest BCUT2D eigenvalue weighted by Crippen LogP contribution is 2.07. The standard InChI is InChI=1S/C12H14N2O2/c1-8(2)4-11(13-3)9-5-10(12(15)16)7-14-6-9/h4-7H,1-3H3,(H,15,16). The van der Waals surface area contributed by atoms with Crippen LogP contribution in [-0.4, -0.2) is 28.8 Å². The number of hydrogen-bond donors (Lipinski definition) is 1. The van der Waals surface area contributed by atoms with Crippen LogP contribution in [0.5, 0.6) is 0 Å². The van der Waals surface area contributed by atoms with E-state index in [1.165, 1.54) is 6.20 Å². The summed E-state index contributed by atoms with van der Waals surface area (Å²) >= 11 is 0. The topological polar surface area (TPSA) is 62.5 Å². The van der Waals surface area contributed by atoms with Gasteiger partial charge in [0.15, 0.2) is 0 Å². The van der Waals surface area contributed by atoms with Crippen LogP contribution in [0.1, 0.15) is 29.8 Å². The molecule has 0 bridgehead atoms. The molecule has 0 aliphatic heterocycles. The van der Waals surface area contributed by atoms with E-state index in [1.807, 2.05) is 19.9 Å². The quantitative estimate of drug-likeness (QED) is 0.791. The van der Waals surface area contributed by atoms with Crippen LogP contribution in [0, 0.1) is 0 Å². The maximum absolute atomic E-state index is 10.8. The maximum atomic E-state index is 10.8. The number of aromatic carboxylic acids is 1. The zero-order valence-electron chi connectivity index (χ0n) is 9.56. The number of carboxylic acids is 1. The predicted octanol–water partition coefficient (Wildman–Crippen LogP) is 2.16. The second-order valence-corrected chi connectivity index (χ2v) is 3.60. The van der Waals surface area contributed by atoms with Crippen molar-refractivity contribution >= 4 is 11.7 Å². The van der Waals surface area contributed by atoms with E-state index in [0.29, 0.717) is 5.56 Å². The summed E-state index contributed by atoms with van der Waals surface area (Å²) in [5.74, 6) is -0.984. The molecule has 0 fully saturated rings. The lowest BCUT2D eigenvalue weighted by Gasteiger charge is -2.02. The van der Waals surface area contributed by atoms with Crippen molar-refractivity contribution in [3.8, 4) is 0 Å². The summed E-state index contributed by atoms with van der Waals surface area (Å²) in [6.07, 6.45) is 4.82. The van der Waals surface area contributed by atoms with Gasteiger partial charge >= 0.3 is 5.97 Å². The van der Waals surface area contributed by atoms with Crippen LogP contribution in [0.15, 0.2) is 35.1 Å².